The molecule has 205 valence electrons. The van der Waals surface area contributed by atoms with Gasteiger partial charge in [0.1, 0.15) is 11.5 Å². The van der Waals surface area contributed by atoms with Crippen molar-refractivity contribution in [3.8, 4) is 11.5 Å². The molecule has 4 nitrogen and oxygen atoms in total. The molecule has 6 atom stereocenters. The number of para-hydroxylation sites is 2. The summed E-state index contributed by atoms with van der Waals surface area (Å²) in [5.74, 6) is 3.42. The van der Waals surface area contributed by atoms with Crippen LogP contribution in [0.25, 0.3) is 22.6 Å². The fourth-order valence-corrected chi connectivity index (χ4v) is 7.15. The van der Waals surface area contributed by atoms with Gasteiger partial charge in [-0.15, -0.1) is 30.3 Å². The molecular formula is C32H44IrNO3-. The van der Waals surface area contributed by atoms with Gasteiger partial charge in [-0.05, 0) is 61.0 Å². The van der Waals surface area contributed by atoms with Crippen LogP contribution in [0.4, 0.5) is 0 Å². The molecule has 5 rings (SSSR count). The van der Waals surface area contributed by atoms with E-state index >= 15 is 0 Å². The van der Waals surface area contributed by atoms with Crippen LogP contribution in [0.1, 0.15) is 72.6 Å². The van der Waals surface area contributed by atoms with Crippen LogP contribution in [0.2, 0.25) is 0 Å². The maximum absolute atomic E-state index is 10.9. The topological polar surface area (TPSA) is 66.5 Å². The summed E-state index contributed by atoms with van der Waals surface area (Å²) in [5.41, 5.74) is 2.57. The Labute approximate surface area is 236 Å². The molecule has 0 aliphatic heterocycles. The zero-order chi connectivity index (χ0) is 25.7. The molecule has 1 radical (unpaired) electrons. The Hall–Kier alpha value is -1.52. The van der Waals surface area contributed by atoms with Gasteiger partial charge < -0.3 is 14.6 Å². The Morgan fingerprint density at radius 2 is 1.49 bits per heavy atom. The predicted octanol–water partition coefficient (Wildman–Crippen LogP) is 7.54. The molecule has 2 aliphatic rings. The first kappa shape index (κ1) is 30.0. The summed E-state index contributed by atoms with van der Waals surface area (Å²) in [7, 11) is 0. The van der Waals surface area contributed by atoms with Crippen molar-refractivity contribution < 1.29 is 34.7 Å². The molecule has 5 heteroatoms. The number of oxazole rings is 1. The normalized spacial score (nSPS) is 27.0. The van der Waals surface area contributed by atoms with Crippen molar-refractivity contribution in [1.82, 2.24) is 4.98 Å². The molecule has 2 aromatic carbocycles. The zero-order valence-electron chi connectivity index (χ0n) is 22.8. The summed E-state index contributed by atoms with van der Waals surface area (Å²) in [6, 6.07) is 18.5. The summed E-state index contributed by atoms with van der Waals surface area (Å²) in [4.78, 5) is 4.39. The second kappa shape index (κ2) is 14.0. The molecule has 37 heavy (non-hydrogen) atoms. The van der Waals surface area contributed by atoms with Gasteiger partial charge in [0.15, 0.2) is 0 Å². The van der Waals surface area contributed by atoms with E-state index in [4.69, 9.17) is 4.42 Å². The third kappa shape index (κ3) is 6.56. The van der Waals surface area contributed by atoms with E-state index in [1.54, 1.807) is 0 Å². The van der Waals surface area contributed by atoms with Crippen molar-refractivity contribution in [2.75, 3.05) is 0 Å². The maximum Gasteiger partial charge on any atom is 0.141 e. The summed E-state index contributed by atoms with van der Waals surface area (Å²) in [6.45, 7) is 8.97. The smallest absolute Gasteiger partial charge is 0.141 e. The Bertz CT molecular complexity index is 1020. The Morgan fingerprint density at radius 3 is 2.11 bits per heavy atom. The molecule has 1 aromatic heterocycles. The molecule has 2 saturated carbocycles. The van der Waals surface area contributed by atoms with Crippen LogP contribution in [0.15, 0.2) is 52.9 Å². The minimum atomic E-state index is -0.275. The SMILES string of the molecule is CCC(CC)[C@H]1CCC2C[C@@H](C(CC)CC)C(O)C2C1O.[Ir].[c-]1ccccc1-c1nc2ccccc2o1. The number of hydrogen-bond donors (Lipinski definition) is 2. The number of rotatable bonds is 7. The van der Waals surface area contributed by atoms with Crippen LogP contribution in [0.5, 0.6) is 0 Å². The van der Waals surface area contributed by atoms with Gasteiger partial charge >= 0.3 is 0 Å². The number of aromatic nitrogens is 1. The van der Waals surface area contributed by atoms with E-state index in [0.717, 1.165) is 55.2 Å². The van der Waals surface area contributed by atoms with Crippen LogP contribution in [0, 0.1) is 41.6 Å². The first-order valence-corrected chi connectivity index (χ1v) is 14.2. The molecule has 1 heterocycles. The van der Waals surface area contributed by atoms with Gasteiger partial charge in [-0.3, -0.25) is 4.98 Å². The fourth-order valence-electron chi connectivity index (χ4n) is 7.15. The molecule has 0 saturated heterocycles. The van der Waals surface area contributed by atoms with Crippen LogP contribution < -0.4 is 0 Å². The first-order valence-electron chi connectivity index (χ1n) is 14.2. The van der Waals surface area contributed by atoms with Crippen LogP contribution in [-0.4, -0.2) is 27.4 Å². The summed E-state index contributed by atoms with van der Waals surface area (Å²) < 4.78 is 5.61. The van der Waals surface area contributed by atoms with Crippen LogP contribution in [0.3, 0.4) is 0 Å². The second-order valence-corrected chi connectivity index (χ2v) is 10.9. The largest absolute Gasteiger partial charge is 0.481 e. The summed E-state index contributed by atoms with van der Waals surface area (Å²) in [5, 5.41) is 21.8. The van der Waals surface area contributed by atoms with E-state index in [-0.39, 0.29) is 38.2 Å². The predicted molar refractivity (Wildman–Crippen MR) is 146 cm³/mol. The number of benzene rings is 2. The van der Waals surface area contributed by atoms with Crippen molar-refractivity contribution in [2.45, 2.75) is 84.8 Å². The number of aliphatic hydroxyl groups excluding tert-OH is 2. The summed E-state index contributed by atoms with van der Waals surface area (Å²) in [6.07, 6.45) is 7.60. The molecule has 2 fully saturated rings. The first-order chi connectivity index (χ1) is 17.5. The van der Waals surface area contributed by atoms with Gasteiger partial charge in [0, 0.05) is 26.0 Å². The van der Waals surface area contributed by atoms with E-state index in [9.17, 15) is 10.2 Å². The molecule has 0 spiro atoms. The summed E-state index contributed by atoms with van der Waals surface area (Å²) >= 11 is 0. The standard InChI is InChI=1S/C19H36O2.C13H8NO.Ir/c1-5-12(6-2)15-10-9-14-11-16(13(7-3)8-4)19(21)17(14)18(15)20;1-2-6-10(7-3-1)13-14-11-8-4-5-9-12(11)15-13;/h12-21H,5-11H2,1-4H3;1-6,8-9H;/q;-1;/t14?,15-,16+,17?,18?,19?;;/m1../s1. The quantitative estimate of drug-likeness (QED) is 0.253. The van der Waals surface area contributed by atoms with Crippen molar-refractivity contribution >= 4 is 11.1 Å². The minimum absolute atomic E-state index is 0. The number of nitrogens with zero attached hydrogens (tertiary/aromatic N) is 1. The van der Waals surface area contributed by atoms with Gasteiger partial charge in [-0.25, -0.2) is 0 Å². The monoisotopic (exact) mass is 683 g/mol. The van der Waals surface area contributed by atoms with Gasteiger partial charge in [0.25, 0.3) is 0 Å². The van der Waals surface area contributed by atoms with E-state index in [1.807, 2.05) is 48.5 Å². The van der Waals surface area contributed by atoms with Gasteiger partial charge in [-0.1, -0.05) is 71.1 Å². The van der Waals surface area contributed by atoms with Crippen molar-refractivity contribution in [3.63, 3.8) is 0 Å². The third-order valence-corrected chi connectivity index (χ3v) is 9.20. The second-order valence-electron chi connectivity index (χ2n) is 10.9. The van der Waals surface area contributed by atoms with Crippen LogP contribution >= 0.6 is 0 Å². The number of fused-ring (bicyclic) bond motifs is 2. The van der Waals surface area contributed by atoms with E-state index in [1.165, 1.54) is 6.42 Å². The van der Waals surface area contributed by atoms with Crippen molar-refractivity contribution in [3.05, 3.63) is 54.6 Å². The average Bonchev–Trinajstić information content (AvgIpc) is 3.50. The number of aliphatic hydroxyl groups is 2. The maximum atomic E-state index is 10.9. The molecular weight excluding hydrogens is 639 g/mol. The fraction of sp³-hybridized carbons (Fsp3) is 0.594. The number of hydrogen-bond acceptors (Lipinski definition) is 4. The average molecular weight is 683 g/mol. The van der Waals surface area contributed by atoms with Crippen molar-refractivity contribution in [1.29, 1.82) is 0 Å². The Balaban J connectivity index is 0.000000209. The van der Waals surface area contributed by atoms with Gasteiger partial charge in [0.2, 0.25) is 0 Å². The molecule has 0 bridgehead atoms. The Kier molecular flexibility index (Phi) is 11.4. The van der Waals surface area contributed by atoms with Crippen molar-refractivity contribution in [2.24, 2.45) is 35.5 Å². The zero-order valence-corrected chi connectivity index (χ0v) is 25.2. The Morgan fingerprint density at radius 1 is 0.865 bits per heavy atom. The van der Waals surface area contributed by atoms with Gasteiger partial charge in [-0.2, -0.15) is 0 Å². The molecule has 2 aliphatic carbocycles. The van der Waals surface area contributed by atoms with Crippen LogP contribution in [-0.2, 0) is 20.1 Å². The molecule has 3 aromatic rings. The molecule has 4 unspecified atom stereocenters. The minimum Gasteiger partial charge on any atom is -0.481 e. The van der Waals surface area contributed by atoms with E-state index in [0.29, 0.717) is 35.5 Å². The third-order valence-electron chi connectivity index (χ3n) is 9.20. The van der Waals surface area contributed by atoms with E-state index < -0.39 is 0 Å². The van der Waals surface area contributed by atoms with Gasteiger partial charge in [0.05, 0.1) is 17.7 Å². The molecule has 0 amide bonds. The van der Waals surface area contributed by atoms with E-state index in [2.05, 4.69) is 38.7 Å². The molecule has 2 N–H and O–H groups in total.